The minimum atomic E-state index is -5.08. The van der Waals surface area contributed by atoms with Crippen molar-refractivity contribution in [1.82, 2.24) is 19.7 Å². The number of aromatic nitrogens is 4. The van der Waals surface area contributed by atoms with Crippen LogP contribution in [0, 0.1) is 0 Å². The second-order valence-electron chi connectivity index (χ2n) is 8.89. The molecule has 2 aromatic heterocycles. The van der Waals surface area contributed by atoms with Gasteiger partial charge in [-0.15, -0.1) is 0 Å². The summed E-state index contributed by atoms with van der Waals surface area (Å²) in [6.45, 7) is 2.17. The van der Waals surface area contributed by atoms with E-state index in [4.69, 9.17) is 25.7 Å². The second-order valence-corrected chi connectivity index (χ2v) is 8.89. The molecule has 2 heterocycles. The average molecular weight is 549 g/mol. The van der Waals surface area contributed by atoms with Crippen molar-refractivity contribution < 1.29 is 23.1 Å². The van der Waals surface area contributed by atoms with Gasteiger partial charge in [0.25, 0.3) is 0 Å². The number of nitrogens with two attached hydrogens (primary N) is 1. The summed E-state index contributed by atoms with van der Waals surface area (Å²) < 4.78 is 33.6. The fourth-order valence-electron chi connectivity index (χ4n) is 4.10. The highest BCUT2D eigenvalue weighted by atomic mass is 19.4. The lowest BCUT2D eigenvalue weighted by atomic mass is 10.0. The molecule has 206 valence electrons. The van der Waals surface area contributed by atoms with Crippen LogP contribution in [0.4, 0.5) is 24.7 Å². The minimum absolute atomic E-state index is 0.178. The van der Waals surface area contributed by atoms with Crippen LogP contribution in [0.25, 0.3) is 22.2 Å². The molecule has 0 aliphatic rings. The molecule has 11 heteroatoms. The van der Waals surface area contributed by atoms with E-state index in [0.717, 1.165) is 39.8 Å². The predicted octanol–water partition coefficient (Wildman–Crippen LogP) is 6.01. The maximum Gasteiger partial charge on any atom is 0.490 e. The van der Waals surface area contributed by atoms with E-state index in [0.29, 0.717) is 11.6 Å². The van der Waals surface area contributed by atoms with E-state index in [-0.39, 0.29) is 6.04 Å². The maximum absolute atomic E-state index is 10.6. The number of rotatable bonds is 6. The van der Waals surface area contributed by atoms with Gasteiger partial charge in [0.2, 0.25) is 0 Å². The molecule has 3 aromatic carbocycles. The first-order chi connectivity index (χ1) is 19.1. The number of pyridine rings is 1. The number of carboxylic acids is 1. The highest BCUT2D eigenvalue weighted by Gasteiger charge is 2.38. The Bertz CT molecular complexity index is 1620. The van der Waals surface area contributed by atoms with Crippen LogP contribution in [-0.2, 0) is 18.3 Å². The van der Waals surface area contributed by atoms with Gasteiger partial charge >= 0.3 is 12.1 Å². The Morgan fingerprint density at radius 3 is 2.45 bits per heavy atom. The van der Waals surface area contributed by atoms with E-state index in [1.165, 1.54) is 5.56 Å². The molecule has 40 heavy (non-hydrogen) atoms. The van der Waals surface area contributed by atoms with Crippen LogP contribution in [0.3, 0.4) is 0 Å². The molecule has 4 N–H and O–H groups in total. The third kappa shape index (κ3) is 6.55. The van der Waals surface area contributed by atoms with Gasteiger partial charge in [0.1, 0.15) is 11.9 Å². The largest absolute Gasteiger partial charge is 0.490 e. The first-order valence-corrected chi connectivity index (χ1v) is 12.3. The lowest BCUT2D eigenvalue weighted by Gasteiger charge is -2.21. The summed E-state index contributed by atoms with van der Waals surface area (Å²) in [5.74, 6) is -0.667. The van der Waals surface area contributed by atoms with Crippen molar-refractivity contribution in [3.63, 3.8) is 0 Å². The monoisotopic (exact) mass is 548 g/mol. The third-order valence-electron chi connectivity index (χ3n) is 6.13. The van der Waals surface area contributed by atoms with Gasteiger partial charge in [-0.1, -0.05) is 61.5 Å². The fourth-order valence-corrected chi connectivity index (χ4v) is 4.10. The molecule has 0 aliphatic carbocycles. The van der Waals surface area contributed by atoms with Gasteiger partial charge in [0.05, 0.1) is 0 Å². The Morgan fingerprint density at radius 1 is 1.05 bits per heavy atom. The Hall–Kier alpha value is -4.93. The van der Waals surface area contributed by atoms with Crippen LogP contribution < -0.4 is 11.1 Å². The molecular formula is C29H27F3N6O2. The van der Waals surface area contributed by atoms with Crippen molar-refractivity contribution in [3.8, 4) is 11.4 Å². The molecule has 8 nitrogen and oxygen atoms in total. The first kappa shape index (κ1) is 28.1. The van der Waals surface area contributed by atoms with Crippen molar-refractivity contribution in [2.24, 2.45) is 7.05 Å². The van der Waals surface area contributed by atoms with Gasteiger partial charge in [0, 0.05) is 29.9 Å². The smallest absolute Gasteiger partial charge is 0.475 e. The summed E-state index contributed by atoms with van der Waals surface area (Å²) in [5, 5.41) is 17.5. The van der Waals surface area contributed by atoms with Crippen molar-refractivity contribution in [3.05, 3.63) is 102 Å². The SMILES string of the molecule is CCc1cccc(C(Nc2ccc3c(N)nccc3c2)c2nc(-c3ccccc3)nn2C)c1.O=C(O)C(F)(F)F. The van der Waals surface area contributed by atoms with Crippen LogP contribution in [0.2, 0.25) is 0 Å². The van der Waals surface area contributed by atoms with Gasteiger partial charge in [-0.05, 0) is 47.2 Å². The van der Waals surface area contributed by atoms with E-state index in [2.05, 4.69) is 47.6 Å². The number of aryl methyl sites for hydroxylation is 2. The average Bonchev–Trinajstić information content (AvgIpc) is 3.33. The first-order valence-electron chi connectivity index (χ1n) is 12.3. The van der Waals surface area contributed by atoms with Crippen molar-refractivity contribution in [1.29, 1.82) is 0 Å². The molecule has 0 aliphatic heterocycles. The number of carboxylic acid groups (broad SMARTS) is 1. The lowest BCUT2D eigenvalue weighted by molar-refractivity contribution is -0.192. The molecule has 0 amide bonds. The van der Waals surface area contributed by atoms with Gasteiger partial charge in [-0.25, -0.2) is 14.8 Å². The molecule has 0 saturated carbocycles. The number of halogens is 3. The van der Waals surface area contributed by atoms with Crippen LogP contribution in [-0.4, -0.2) is 37.0 Å². The van der Waals surface area contributed by atoms with E-state index < -0.39 is 12.1 Å². The van der Waals surface area contributed by atoms with E-state index in [9.17, 15) is 13.2 Å². The van der Waals surface area contributed by atoms with E-state index in [1.807, 2.05) is 60.3 Å². The van der Waals surface area contributed by atoms with Crippen LogP contribution in [0.1, 0.15) is 29.9 Å². The number of hydrogen-bond donors (Lipinski definition) is 3. The van der Waals surface area contributed by atoms with Crippen molar-refractivity contribution in [2.75, 3.05) is 11.1 Å². The van der Waals surface area contributed by atoms with Crippen LogP contribution in [0.15, 0.2) is 85.1 Å². The molecule has 0 fully saturated rings. The Morgan fingerprint density at radius 2 is 1.77 bits per heavy atom. The summed E-state index contributed by atoms with van der Waals surface area (Å²) in [7, 11) is 1.94. The molecule has 1 unspecified atom stereocenters. The number of hydrogen-bond acceptors (Lipinski definition) is 6. The number of nitrogens with one attached hydrogen (secondary N) is 1. The molecule has 5 rings (SSSR count). The summed E-state index contributed by atoms with van der Waals surface area (Å²) in [6, 6.07) is 26.6. The zero-order chi connectivity index (χ0) is 28.9. The van der Waals surface area contributed by atoms with Gasteiger partial charge in [-0.2, -0.15) is 18.3 Å². The molecule has 0 spiro atoms. The number of carbonyl (C=O) groups is 1. The predicted molar refractivity (Wildman–Crippen MR) is 148 cm³/mol. The molecule has 1 atom stereocenters. The normalized spacial score (nSPS) is 11.9. The second kappa shape index (κ2) is 11.9. The quantitative estimate of drug-likeness (QED) is 0.238. The summed E-state index contributed by atoms with van der Waals surface area (Å²) in [5.41, 5.74) is 10.4. The number of aliphatic carboxylic acids is 1. The standard InChI is InChI=1S/C27H26N6.C2HF3O2/c1-3-18-8-7-11-21(16-18)24(27-31-26(32-33(27)2)19-9-5-4-6-10-19)30-22-12-13-23-20(17-22)14-15-29-25(23)28;3-2(4,5)1(6)7/h4-17,24,30H,3H2,1-2H3,(H2,28,29);(H,6,7). The number of benzene rings is 3. The minimum Gasteiger partial charge on any atom is -0.475 e. The van der Waals surface area contributed by atoms with Crippen molar-refractivity contribution in [2.45, 2.75) is 25.6 Å². The van der Waals surface area contributed by atoms with Crippen LogP contribution in [0.5, 0.6) is 0 Å². The number of alkyl halides is 3. The summed E-state index contributed by atoms with van der Waals surface area (Å²) in [4.78, 5) is 18.0. The lowest BCUT2D eigenvalue weighted by Crippen LogP contribution is -2.21. The van der Waals surface area contributed by atoms with E-state index >= 15 is 0 Å². The number of nitrogen functional groups attached to an aromatic ring is 1. The van der Waals surface area contributed by atoms with Crippen LogP contribution >= 0.6 is 0 Å². The summed E-state index contributed by atoms with van der Waals surface area (Å²) in [6.07, 6.45) is -2.38. The third-order valence-corrected chi connectivity index (χ3v) is 6.13. The van der Waals surface area contributed by atoms with Gasteiger partial charge in [-0.3, -0.25) is 4.68 Å². The summed E-state index contributed by atoms with van der Waals surface area (Å²) >= 11 is 0. The zero-order valence-corrected chi connectivity index (χ0v) is 21.7. The van der Waals surface area contributed by atoms with Gasteiger partial charge in [0.15, 0.2) is 11.6 Å². The number of fused-ring (bicyclic) bond motifs is 1. The number of nitrogens with zero attached hydrogens (tertiary/aromatic N) is 4. The molecule has 0 bridgehead atoms. The fraction of sp³-hybridized carbons (Fsp3) is 0.172. The maximum atomic E-state index is 10.6. The Balaban J connectivity index is 0.000000470. The van der Waals surface area contributed by atoms with E-state index in [1.54, 1.807) is 6.20 Å². The number of anilines is 2. The molecule has 0 radical (unpaired) electrons. The highest BCUT2D eigenvalue weighted by Crippen LogP contribution is 2.30. The Kier molecular flexibility index (Phi) is 8.32. The zero-order valence-electron chi connectivity index (χ0n) is 21.7. The Labute approximate surface area is 228 Å². The highest BCUT2D eigenvalue weighted by molar-refractivity contribution is 5.92. The molecular weight excluding hydrogens is 521 g/mol. The molecule has 0 saturated heterocycles. The molecule has 5 aromatic rings. The van der Waals surface area contributed by atoms with Gasteiger partial charge < -0.3 is 16.2 Å². The van der Waals surface area contributed by atoms with Crippen molar-refractivity contribution >= 4 is 28.2 Å². The topological polar surface area (TPSA) is 119 Å².